The molecule has 0 radical (unpaired) electrons. The second kappa shape index (κ2) is 9.10. The largest absolute Gasteiger partial charge is 0.383 e. The number of aryl methyl sites for hydroxylation is 2. The van der Waals surface area contributed by atoms with Crippen LogP contribution in [0.25, 0.3) is 0 Å². The van der Waals surface area contributed by atoms with E-state index in [4.69, 9.17) is 4.74 Å². The van der Waals surface area contributed by atoms with Gasteiger partial charge in [-0.1, -0.05) is 20.3 Å². The summed E-state index contributed by atoms with van der Waals surface area (Å²) >= 11 is 0. The molecule has 0 amide bonds. The quantitative estimate of drug-likeness (QED) is 0.661. The maximum atomic E-state index is 5.05. The molecule has 0 aliphatic heterocycles. The first-order chi connectivity index (χ1) is 9.24. The minimum atomic E-state index is 0.670. The monoisotopic (exact) mass is 267 g/mol. The van der Waals surface area contributed by atoms with Gasteiger partial charge >= 0.3 is 0 Å². The van der Waals surface area contributed by atoms with Crippen molar-refractivity contribution in [2.45, 2.75) is 46.6 Å². The third-order valence-corrected chi connectivity index (χ3v) is 3.57. The maximum Gasteiger partial charge on any atom is 0.0624 e. The highest BCUT2D eigenvalue weighted by atomic mass is 16.5. The molecule has 1 aromatic rings. The van der Waals surface area contributed by atoms with Gasteiger partial charge < -0.3 is 10.1 Å². The molecule has 19 heavy (non-hydrogen) atoms. The van der Waals surface area contributed by atoms with Crippen molar-refractivity contribution in [1.29, 1.82) is 0 Å². The molecule has 0 fully saturated rings. The summed E-state index contributed by atoms with van der Waals surface area (Å²) in [5.41, 5.74) is 2.58. The molecule has 0 saturated carbocycles. The van der Waals surface area contributed by atoms with E-state index in [1.807, 2.05) is 0 Å². The molecule has 1 atom stereocenters. The fourth-order valence-electron chi connectivity index (χ4n) is 2.26. The maximum absolute atomic E-state index is 5.05. The summed E-state index contributed by atoms with van der Waals surface area (Å²) in [5.74, 6) is 0.670. The van der Waals surface area contributed by atoms with Crippen LogP contribution < -0.4 is 5.32 Å². The van der Waals surface area contributed by atoms with E-state index < -0.39 is 0 Å². The number of aromatic nitrogens is 2. The van der Waals surface area contributed by atoms with Gasteiger partial charge in [-0.15, -0.1) is 0 Å². The SMILES string of the molecule is CCc1cc(CC(CC)CNCCOC)n(CC)n1. The van der Waals surface area contributed by atoms with Crippen molar-refractivity contribution in [2.24, 2.45) is 5.92 Å². The third kappa shape index (κ3) is 5.33. The Balaban J connectivity index is 2.52. The fourth-order valence-corrected chi connectivity index (χ4v) is 2.26. The Morgan fingerprint density at radius 1 is 1.37 bits per heavy atom. The highest BCUT2D eigenvalue weighted by molar-refractivity contribution is 5.11. The first-order valence-corrected chi connectivity index (χ1v) is 7.50. The number of methoxy groups -OCH3 is 1. The number of rotatable bonds is 10. The van der Waals surface area contributed by atoms with E-state index in [0.717, 1.165) is 39.1 Å². The average Bonchev–Trinajstić information content (AvgIpc) is 2.84. The van der Waals surface area contributed by atoms with Crippen LogP contribution in [0.4, 0.5) is 0 Å². The Labute approximate surface area is 117 Å². The van der Waals surface area contributed by atoms with Crippen LogP contribution in [0.3, 0.4) is 0 Å². The lowest BCUT2D eigenvalue weighted by Gasteiger charge is -2.16. The first-order valence-electron chi connectivity index (χ1n) is 7.50. The zero-order chi connectivity index (χ0) is 14.1. The second-order valence-electron chi connectivity index (χ2n) is 4.97. The second-order valence-corrected chi connectivity index (χ2v) is 4.97. The molecule has 1 aromatic heterocycles. The molecular weight excluding hydrogens is 238 g/mol. The van der Waals surface area contributed by atoms with Crippen LogP contribution >= 0.6 is 0 Å². The standard InChI is InChI=1S/C15H29N3O/c1-5-13(12-16-8-9-19-4)10-15-11-14(6-2)17-18(15)7-3/h11,13,16H,5-10,12H2,1-4H3. The molecular formula is C15H29N3O. The number of hydrogen-bond donors (Lipinski definition) is 1. The van der Waals surface area contributed by atoms with Gasteiger partial charge in [0.05, 0.1) is 12.3 Å². The zero-order valence-corrected chi connectivity index (χ0v) is 12.9. The lowest BCUT2D eigenvalue weighted by molar-refractivity contribution is 0.197. The molecule has 0 bridgehead atoms. The summed E-state index contributed by atoms with van der Waals surface area (Å²) in [6.45, 7) is 10.3. The van der Waals surface area contributed by atoms with Crippen molar-refractivity contribution in [1.82, 2.24) is 15.1 Å². The Bertz CT molecular complexity index is 349. The predicted molar refractivity (Wildman–Crippen MR) is 79.5 cm³/mol. The van der Waals surface area contributed by atoms with Crippen LogP contribution in [0.1, 0.15) is 38.6 Å². The van der Waals surface area contributed by atoms with Gasteiger partial charge in [0.1, 0.15) is 0 Å². The summed E-state index contributed by atoms with van der Waals surface area (Å²) in [6, 6.07) is 2.27. The molecule has 1 rings (SSSR count). The Kier molecular flexibility index (Phi) is 7.75. The highest BCUT2D eigenvalue weighted by Gasteiger charge is 2.12. The number of nitrogens with one attached hydrogen (secondary N) is 1. The predicted octanol–water partition coefficient (Wildman–Crippen LogP) is 2.27. The molecule has 0 aliphatic carbocycles. The Morgan fingerprint density at radius 3 is 2.74 bits per heavy atom. The molecule has 1 unspecified atom stereocenters. The fraction of sp³-hybridized carbons (Fsp3) is 0.800. The third-order valence-electron chi connectivity index (χ3n) is 3.57. The normalized spacial score (nSPS) is 12.8. The van der Waals surface area contributed by atoms with Crippen molar-refractivity contribution >= 4 is 0 Å². The zero-order valence-electron chi connectivity index (χ0n) is 12.9. The summed E-state index contributed by atoms with van der Waals surface area (Å²) in [6.07, 6.45) is 3.32. The molecule has 0 saturated heterocycles. The van der Waals surface area contributed by atoms with Crippen LogP contribution in [-0.4, -0.2) is 36.6 Å². The van der Waals surface area contributed by atoms with Crippen LogP contribution in [0, 0.1) is 5.92 Å². The molecule has 1 N–H and O–H groups in total. The average molecular weight is 267 g/mol. The van der Waals surface area contributed by atoms with Crippen molar-refractivity contribution in [3.63, 3.8) is 0 Å². The lowest BCUT2D eigenvalue weighted by atomic mass is 10.00. The molecule has 1 heterocycles. The van der Waals surface area contributed by atoms with Gasteiger partial charge in [0.2, 0.25) is 0 Å². The van der Waals surface area contributed by atoms with Gasteiger partial charge in [0.25, 0.3) is 0 Å². The molecule has 0 aromatic carbocycles. The summed E-state index contributed by atoms with van der Waals surface area (Å²) < 4.78 is 7.20. The smallest absolute Gasteiger partial charge is 0.0624 e. The first kappa shape index (κ1) is 16.2. The van der Waals surface area contributed by atoms with Crippen molar-refractivity contribution in [2.75, 3.05) is 26.8 Å². The number of ether oxygens (including phenoxy) is 1. The van der Waals surface area contributed by atoms with Gasteiger partial charge in [0.15, 0.2) is 0 Å². The van der Waals surface area contributed by atoms with E-state index in [9.17, 15) is 0 Å². The summed E-state index contributed by atoms with van der Waals surface area (Å²) in [4.78, 5) is 0. The van der Waals surface area contributed by atoms with Gasteiger partial charge in [0, 0.05) is 25.9 Å². The van der Waals surface area contributed by atoms with E-state index in [2.05, 4.69) is 41.9 Å². The van der Waals surface area contributed by atoms with Crippen molar-refractivity contribution in [3.05, 3.63) is 17.5 Å². The molecule has 110 valence electrons. The number of hydrogen-bond acceptors (Lipinski definition) is 3. The summed E-state index contributed by atoms with van der Waals surface area (Å²) in [5, 5.41) is 8.08. The van der Waals surface area contributed by atoms with E-state index in [1.54, 1.807) is 7.11 Å². The van der Waals surface area contributed by atoms with E-state index in [0.29, 0.717) is 5.92 Å². The van der Waals surface area contributed by atoms with Gasteiger partial charge in [-0.3, -0.25) is 4.68 Å². The molecule has 0 aliphatic rings. The van der Waals surface area contributed by atoms with E-state index in [1.165, 1.54) is 17.8 Å². The van der Waals surface area contributed by atoms with Crippen LogP contribution in [0.15, 0.2) is 6.07 Å². The van der Waals surface area contributed by atoms with Crippen LogP contribution in [0.2, 0.25) is 0 Å². The highest BCUT2D eigenvalue weighted by Crippen LogP contribution is 2.14. The van der Waals surface area contributed by atoms with E-state index >= 15 is 0 Å². The van der Waals surface area contributed by atoms with Crippen LogP contribution in [-0.2, 0) is 24.1 Å². The lowest BCUT2D eigenvalue weighted by Crippen LogP contribution is -2.27. The Morgan fingerprint density at radius 2 is 2.16 bits per heavy atom. The minimum absolute atomic E-state index is 0.670. The van der Waals surface area contributed by atoms with Crippen molar-refractivity contribution in [3.8, 4) is 0 Å². The molecule has 0 spiro atoms. The van der Waals surface area contributed by atoms with Crippen LogP contribution in [0.5, 0.6) is 0 Å². The minimum Gasteiger partial charge on any atom is -0.383 e. The van der Waals surface area contributed by atoms with E-state index in [-0.39, 0.29) is 0 Å². The van der Waals surface area contributed by atoms with Gasteiger partial charge in [-0.25, -0.2) is 0 Å². The summed E-state index contributed by atoms with van der Waals surface area (Å²) in [7, 11) is 1.74. The van der Waals surface area contributed by atoms with Gasteiger partial charge in [-0.2, -0.15) is 5.10 Å². The van der Waals surface area contributed by atoms with Crippen molar-refractivity contribution < 1.29 is 4.74 Å². The Hall–Kier alpha value is -0.870. The van der Waals surface area contributed by atoms with Gasteiger partial charge in [-0.05, 0) is 38.3 Å². The molecule has 4 heteroatoms. The molecule has 4 nitrogen and oxygen atoms in total. The topological polar surface area (TPSA) is 39.1 Å². The number of nitrogens with zero attached hydrogens (tertiary/aromatic N) is 2.